The molecule has 16 aromatic carbocycles. The maximum atomic E-state index is 6.16. The van der Waals surface area contributed by atoms with E-state index in [9.17, 15) is 0 Å². The van der Waals surface area contributed by atoms with Gasteiger partial charge in [-0.1, -0.05) is 414 Å². The Bertz CT molecular complexity index is 7030. The lowest BCUT2D eigenvalue weighted by Gasteiger charge is -2.11. The summed E-state index contributed by atoms with van der Waals surface area (Å²) in [6.45, 7) is 0. The standard InChI is InChI=1S/C26H16BrN3.C24H15ClN2.C17H12ClN.C16H11ClN2.C15H10ClN3.C12H9Br/c27-18-14-15-20-19-10-5-7-13-23(19)30(24(20)16-18)26-28-22-12-6-4-11-21(22)25(29-26)17-8-2-1-3-9-17;25-24-26-22-9-5-4-8-21(22)23(27-24)20-13-12-18-14-17(10-11-19(18)15-20)16-6-2-1-3-7-16;18-17-12-15(13-7-3-1-4-8-13)11-16(19-17)14-9-5-2-6-10-14;17-16-18-14(12-7-3-1-4-8-12)11-15(19-16)13-9-5-2-6-10-13;16-15-18-13(11-7-3-1-4-8-11)17-14(19-15)12-9-5-2-6-10-12;13-12-8-6-11(7-9-12)10-4-2-1-3-5-10/h1-16H;1-15H;1-12H;1-11H;1-10H;1-9H. The number of hydrogen-bond donors (Lipinski definition) is 0. The van der Waals surface area contributed by atoms with E-state index in [-0.39, 0.29) is 15.9 Å². The first-order chi connectivity index (χ1) is 62.4. The summed E-state index contributed by atoms with van der Waals surface area (Å²) in [6.07, 6.45) is 0. The van der Waals surface area contributed by atoms with Crippen LogP contribution in [0.5, 0.6) is 0 Å². The van der Waals surface area contributed by atoms with Crippen LogP contribution < -0.4 is 0 Å². The number of hydrogen-bond acceptors (Lipinski definition) is 10. The largest absolute Gasteiger partial charge is 0.278 e. The molecule has 0 aliphatic carbocycles. The van der Waals surface area contributed by atoms with Crippen molar-refractivity contribution in [2.75, 3.05) is 0 Å². The van der Waals surface area contributed by atoms with Gasteiger partial charge in [-0.2, -0.15) is 9.97 Å². The number of aromatic nitrogens is 11. The summed E-state index contributed by atoms with van der Waals surface area (Å²) in [6, 6.07) is 149. The molecule has 0 aliphatic heterocycles. The third-order valence-corrected chi connectivity index (χ3v) is 22.4. The van der Waals surface area contributed by atoms with E-state index in [0.717, 1.165) is 120 Å². The molecule has 0 fully saturated rings. The van der Waals surface area contributed by atoms with Gasteiger partial charge in [0.05, 0.1) is 50.5 Å². The lowest BCUT2D eigenvalue weighted by Crippen LogP contribution is -2.03. The van der Waals surface area contributed by atoms with Crippen molar-refractivity contribution in [1.82, 2.24) is 54.4 Å². The van der Waals surface area contributed by atoms with Crippen LogP contribution in [0.2, 0.25) is 21.0 Å². The second-order valence-corrected chi connectivity index (χ2v) is 32.3. The quantitative estimate of drug-likeness (QED) is 0.0910. The maximum absolute atomic E-state index is 6.16. The highest BCUT2D eigenvalue weighted by molar-refractivity contribution is 9.10. The average Bonchev–Trinajstić information content (AvgIpc) is 1.57. The Morgan fingerprint density at radius 1 is 0.197 bits per heavy atom. The van der Waals surface area contributed by atoms with Gasteiger partial charge >= 0.3 is 0 Å². The molecule has 0 amide bonds. The molecule has 0 saturated heterocycles. The third-order valence-electron chi connectivity index (χ3n) is 20.7. The van der Waals surface area contributed by atoms with E-state index in [1.54, 1.807) is 0 Å². The molecule has 610 valence electrons. The smallest absolute Gasteiger partial charge is 0.235 e. The van der Waals surface area contributed by atoms with Crippen molar-refractivity contribution in [2.45, 2.75) is 0 Å². The van der Waals surface area contributed by atoms with Crippen molar-refractivity contribution >= 4 is 133 Å². The summed E-state index contributed by atoms with van der Waals surface area (Å²) >= 11 is 31.4. The van der Waals surface area contributed by atoms with Crippen LogP contribution in [0.25, 0.3) is 173 Å². The number of halogens is 6. The van der Waals surface area contributed by atoms with Crippen LogP contribution in [-0.4, -0.2) is 54.4 Å². The zero-order valence-electron chi connectivity index (χ0n) is 67.8. The van der Waals surface area contributed by atoms with Crippen LogP contribution in [0, 0.1) is 0 Å². The highest BCUT2D eigenvalue weighted by atomic mass is 79.9. The second kappa shape index (κ2) is 41.0. The molecule has 22 aromatic rings. The summed E-state index contributed by atoms with van der Waals surface area (Å²) < 4.78 is 4.31. The third kappa shape index (κ3) is 21.2. The fourth-order valence-corrected chi connectivity index (χ4v) is 16.0. The molecule has 11 nitrogen and oxygen atoms in total. The molecule has 0 N–H and O–H groups in total. The molecule has 0 bridgehead atoms. The summed E-state index contributed by atoms with van der Waals surface area (Å²) in [7, 11) is 0. The van der Waals surface area contributed by atoms with Crippen molar-refractivity contribution in [1.29, 1.82) is 0 Å². The van der Waals surface area contributed by atoms with Gasteiger partial charge in [-0.25, -0.2) is 39.9 Å². The van der Waals surface area contributed by atoms with Crippen molar-refractivity contribution < 1.29 is 0 Å². The fourth-order valence-electron chi connectivity index (χ4n) is 14.6. The Balaban J connectivity index is 0.000000109. The Morgan fingerprint density at radius 2 is 0.551 bits per heavy atom. The van der Waals surface area contributed by atoms with E-state index >= 15 is 0 Å². The monoisotopic (exact) mass is 1850 g/mol. The first-order valence-corrected chi connectivity index (χ1v) is 43.8. The maximum Gasteiger partial charge on any atom is 0.235 e. The Kier molecular flexibility index (Phi) is 27.4. The van der Waals surface area contributed by atoms with Gasteiger partial charge in [0, 0.05) is 69.4 Å². The zero-order valence-corrected chi connectivity index (χ0v) is 74.0. The van der Waals surface area contributed by atoms with E-state index < -0.39 is 0 Å². The Morgan fingerprint density at radius 3 is 1.06 bits per heavy atom. The second-order valence-electron chi connectivity index (χ2n) is 29.1. The van der Waals surface area contributed by atoms with E-state index in [0.29, 0.717) is 22.8 Å². The van der Waals surface area contributed by atoms with Gasteiger partial charge in [0.15, 0.2) is 11.6 Å². The number of fused-ring (bicyclic) bond motifs is 6. The molecular weight excluding hydrogens is 1780 g/mol. The van der Waals surface area contributed by atoms with Crippen molar-refractivity contribution in [3.8, 4) is 118 Å². The summed E-state index contributed by atoms with van der Waals surface area (Å²) in [4.78, 5) is 44.6. The molecule has 0 aliphatic rings. The van der Waals surface area contributed by atoms with E-state index in [4.69, 9.17) is 56.4 Å². The molecule has 6 heterocycles. The van der Waals surface area contributed by atoms with Gasteiger partial charge in [0.25, 0.3) is 0 Å². The summed E-state index contributed by atoms with van der Waals surface area (Å²) in [5.41, 5.74) is 22.6. The zero-order chi connectivity index (χ0) is 86.6. The van der Waals surface area contributed by atoms with E-state index in [1.807, 2.05) is 249 Å². The van der Waals surface area contributed by atoms with E-state index in [2.05, 4.69) is 270 Å². The highest BCUT2D eigenvalue weighted by Crippen LogP contribution is 2.38. The predicted octanol–water partition coefficient (Wildman–Crippen LogP) is 31.4. The lowest BCUT2D eigenvalue weighted by atomic mass is 9.98. The van der Waals surface area contributed by atoms with Crippen LogP contribution in [0.1, 0.15) is 0 Å². The minimum absolute atomic E-state index is 0.202. The lowest BCUT2D eigenvalue weighted by molar-refractivity contribution is 1.01. The van der Waals surface area contributed by atoms with Gasteiger partial charge in [-0.3, -0.25) is 4.57 Å². The first kappa shape index (κ1) is 84.8. The number of rotatable bonds is 11. The molecular formula is C110H73Br2Cl4N11. The molecule has 22 rings (SSSR count). The molecule has 0 spiro atoms. The molecule has 6 aromatic heterocycles. The minimum atomic E-state index is 0.202. The van der Waals surface area contributed by atoms with Crippen LogP contribution in [0.3, 0.4) is 0 Å². The van der Waals surface area contributed by atoms with Gasteiger partial charge < -0.3 is 0 Å². The van der Waals surface area contributed by atoms with Crippen molar-refractivity contribution in [3.05, 3.63) is 473 Å². The SMILES string of the molecule is Brc1ccc(-c2ccccc2)cc1.Brc1ccc2c3ccccc3n(-c3nc(-c4ccccc4)c4ccccc4n3)c2c1.Clc1cc(-c2ccccc2)cc(-c2ccccc2)n1.Clc1nc(-c2ccc3cc(-c4ccccc4)ccc3c2)c2ccccc2n1.Clc1nc(-c2ccccc2)cc(-c2ccccc2)n1.Clc1nc(-c2ccccc2)nc(-c2ccccc2)n1. The van der Waals surface area contributed by atoms with Crippen LogP contribution >= 0.6 is 78.3 Å². The number of nitrogens with zero attached hydrogens (tertiary/aromatic N) is 11. The summed E-state index contributed by atoms with van der Waals surface area (Å²) in [5, 5.41) is 8.05. The minimum Gasteiger partial charge on any atom is -0.278 e. The average molecular weight is 1850 g/mol. The Labute approximate surface area is 771 Å². The predicted molar refractivity (Wildman–Crippen MR) is 533 cm³/mol. The number of pyridine rings is 1. The molecule has 127 heavy (non-hydrogen) atoms. The molecule has 0 radical (unpaired) electrons. The number of benzene rings is 16. The van der Waals surface area contributed by atoms with Crippen molar-refractivity contribution in [2.24, 2.45) is 0 Å². The van der Waals surface area contributed by atoms with Crippen LogP contribution in [-0.2, 0) is 0 Å². The van der Waals surface area contributed by atoms with Crippen molar-refractivity contribution in [3.63, 3.8) is 0 Å². The molecule has 0 unspecified atom stereocenters. The van der Waals surface area contributed by atoms with Gasteiger partial charge in [-0.05, 0) is 152 Å². The van der Waals surface area contributed by atoms with Crippen LogP contribution in [0.4, 0.5) is 0 Å². The summed E-state index contributed by atoms with van der Waals surface area (Å²) in [5.74, 6) is 1.84. The van der Waals surface area contributed by atoms with Gasteiger partial charge in [0.1, 0.15) is 5.15 Å². The molecule has 0 atom stereocenters. The first-order valence-electron chi connectivity index (χ1n) is 40.7. The normalized spacial score (nSPS) is 10.8. The van der Waals surface area contributed by atoms with Gasteiger partial charge in [-0.15, -0.1) is 0 Å². The Hall–Kier alpha value is -14.4. The fraction of sp³-hybridized carbons (Fsp3) is 0. The highest BCUT2D eigenvalue weighted by Gasteiger charge is 2.19. The van der Waals surface area contributed by atoms with Gasteiger partial charge in [0.2, 0.25) is 21.8 Å². The van der Waals surface area contributed by atoms with Crippen LogP contribution in [0.15, 0.2) is 452 Å². The molecule has 17 heteroatoms. The number of para-hydroxylation sites is 3. The van der Waals surface area contributed by atoms with E-state index in [1.165, 1.54) is 43.8 Å². The molecule has 0 saturated carbocycles. The topological polar surface area (TPSA) is 134 Å².